The summed E-state index contributed by atoms with van der Waals surface area (Å²) in [6.07, 6.45) is 0. The monoisotopic (exact) mass is 386 g/mol. The summed E-state index contributed by atoms with van der Waals surface area (Å²) in [5.41, 5.74) is 6.28. The number of fused-ring (bicyclic) bond motifs is 1. The first-order valence-corrected chi connectivity index (χ1v) is 9.43. The lowest BCUT2D eigenvalue weighted by molar-refractivity contribution is 0.102. The van der Waals surface area contributed by atoms with E-state index in [2.05, 4.69) is 31.3 Å². The van der Waals surface area contributed by atoms with Gasteiger partial charge in [0.15, 0.2) is 0 Å². The Morgan fingerprint density at radius 1 is 0.893 bits per heavy atom. The van der Waals surface area contributed by atoms with E-state index in [0.29, 0.717) is 16.3 Å². The first-order chi connectivity index (χ1) is 13.5. The predicted octanol–water partition coefficient (Wildman–Crippen LogP) is 6.42. The van der Waals surface area contributed by atoms with Crippen LogP contribution < -0.4 is 5.32 Å². The summed E-state index contributed by atoms with van der Waals surface area (Å²) in [5.74, 6) is -0.175. The zero-order valence-electron chi connectivity index (χ0n) is 15.7. The summed E-state index contributed by atoms with van der Waals surface area (Å²) < 4.78 is 0. The summed E-state index contributed by atoms with van der Waals surface area (Å²) in [5, 5.41) is 4.40. The Labute approximate surface area is 169 Å². The van der Waals surface area contributed by atoms with Crippen molar-refractivity contribution in [3.63, 3.8) is 0 Å². The minimum atomic E-state index is -0.175. The molecule has 0 bridgehead atoms. The number of aryl methyl sites for hydroxylation is 2. The molecule has 4 aromatic rings. The molecule has 1 heterocycles. The smallest absolute Gasteiger partial charge is 0.256 e. The van der Waals surface area contributed by atoms with Crippen molar-refractivity contribution in [3.05, 3.63) is 94.5 Å². The summed E-state index contributed by atoms with van der Waals surface area (Å²) in [4.78, 5) is 17.8. The van der Waals surface area contributed by atoms with Crippen LogP contribution in [0.2, 0.25) is 5.02 Å². The molecule has 0 saturated heterocycles. The van der Waals surface area contributed by atoms with E-state index in [1.54, 1.807) is 24.3 Å². The fraction of sp³-hybridized carbons (Fsp3) is 0.0833. The lowest BCUT2D eigenvalue weighted by Gasteiger charge is -2.11. The quantitative estimate of drug-likeness (QED) is 0.441. The fourth-order valence-corrected chi connectivity index (χ4v) is 3.27. The number of hydrogen-bond acceptors (Lipinski definition) is 2. The number of halogens is 1. The number of hydrogen-bond donors (Lipinski definition) is 1. The molecule has 0 aliphatic carbocycles. The minimum Gasteiger partial charge on any atom is -0.322 e. The average molecular weight is 387 g/mol. The SMILES string of the molecule is Cc1ccc(-c2cc(C(=O)Nc3ccc(Cl)cc3)c3ccccc3n2)cc1C. The average Bonchev–Trinajstić information content (AvgIpc) is 2.71. The molecular formula is C24H19ClN2O. The third kappa shape index (κ3) is 3.62. The lowest BCUT2D eigenvalue weighted by atomic mass is 10.0. The van der Waals surface area contributed by atoms with E-state index in [1.807, 2.05) is 36.4 Å². The van der Waals surface area contributed by atoms with E-state index in [9.17, 15) is 4.79 Å². The van der Waals surface area contributed by atoms with Gasteiger partial charge in [-0.3, -0.25) is 4.79 Å². The van der Waals surface area contributed by atoms with Gasteiger partial charge in [-0.2, -0.15) is 0 Å². The molecule has 1 amide bonds. The number of carbonyl (C=O) groups excluding carboxylic acids is 1. The largest absolute Gasteiger partial charge is 0.322 e. The summed E-state index contributed by atoms with van der Waals surface area (Å²) in [6, 6.07) is 22.9. The Morgan fingerprint density at radius 2 is 1.64 bits per heavy atom. The van der Waals surface area contributed by atoms with Gasteiger partial charge in [-0.05, 0) is 67.4 Å². The van der Waals surface area contributed by atoms with Crippen LogP contribution in [-0.2, 0) is 0 Å². The first kappa shape index (κ1) is 18.2. The number of anilines is 1. The van der Waals surface area contributed by atoms with Crippen LogP contribution in [0.1, 0.15) is 21.5 Å². The third-order valence-corrected chi connectivity index (χ3v) is 5.12. The molecule has 4 rings (SSSR count). The van der Waals surface area contributed by atoms with E-state index >= 15 is 0 Å². The van der Waals surface area contributed by atoms with Crippen molar-refractivity contribution in [1.82, 2.24) is 4.98 Å². The maximum atomic E-state index is 13.0. The maximum Gasteiger partial charge on any atom is 0.256 e. The Kier molecular flexibility index (Phi) is 4.84. The molecule has 0 spiro atoms. The minimum absolute atomic E-state index is 0.175. The van der Waals surface area contributed by atoms with Gasteiger partial charge in [0.2, 0.25) is 0 Å². The van der Waals surface area contributed by atoms with Gasteiger partial charge in [-0.15, -0.1) is 0 Å². The van der Waals surface area contributed by atoms with Crippen molar-refractivity contribution in [2.75, 3.05) is 5.32 Å². The zero-order chi connectivity index (χ0) is 19.7. The van der Waals surface area contributed by atoms with Gasteiger partial charge in [-0.25, -0.2) is 4.98 Å². The van der Waals surface area contributed by atoms with Gasteiger partial charge in [-0.1, -0.05) is 41.9 Å². The van der Waals surface area contributed by atoms with Gasteiger partial charge >= 0.3 is 0 Å². The zero-order valence-corrected chi connectivity index (χ0v) is 16.4. The number of aromatic nitrogens is 1. The summed E-state index contributed by atoms with van der Waals surface area (Å²) in [7, 11) is 0. The van der Waals surface area contributed by atoms with Gasteiger partial charge in [0.1, 0.15) is 0 Å². The molecule has 3 aromatic carbocycles. The normalized spacial score (nSPS) is 10.8. The van der Waals surface area contributed by atoms with Crippen LogP contribution in [0.25, 0.3) is 22.2 Å². The van der Waals surface area contributed by atoms with E-state index in [4.69, 9.17) is 16.6 Å². The molecule has 1 aromatic heterocycles. The van der Waals surface area contributed by atoms with Crippen molar-refractivity contribution in [3.8, 4) is 11.3 Å². The third-order valence-electron chi connectivity index (χ3n) is 4.87. The fourth-order valence-electron chi connectivity index (χ4n) is 3.14. The summed E-state index contributed by atoms with van der Waals surface area (Å²) >= 11 is 5.93. The van der Waals surface area contributed by atoms with E-state index in [0.717, 1.165) is 22.2 Å². The first-order valence-electron chi connectivity index (χ1n) is 9.05. The second kappa shape index (κ2) is 7.45. The standard InChI is InChI=1S/C24H19ClN2O/c1-15-7-8-17(13-16(15)2)23-14-21(20-5-3-4-6-22(20)27-23)24(28)26-19-11-9-18(25)10-12-19/h3-14H,1-2H3,(H,26,28). The molecular weight excluding hydrogens is 368 g/mol. The molecule has 0 unspecified atom stereocenters. The van der Waals surface area contributed by atoms with Gasteiger partial charge < -0.3 is 5.32 Å². The van der Waals surface area contributed by atoms with Gasteiger partial charge in [0.25, 0.3) is 5.91 Å². The number of para-hydroxylation sites is 1. The highest BCUT2D eigenvalue weighted by molar-refractivity contribution is 6.30. The van der Waals surface area contributed by atoms with Crippen LogP contribution in [0.5, 0.6) is 0 Å². The molecule has 0 fully saturated rings. The molecule has 3 nitrogen and oxygen atoms in total. The van der Waals surface area contributed by atoms with Crippen LogP contribution in [-0.4, -0.2) is 10.9 Å². The number of benzene rings is 3. The molecule has 0 radical (unpaired) electrons. The molecule has 28 heavy (non-hydrogen) atoms. The lowest BCUT2D eigenvalue weighted by Crippen LogP contribution is -2.13. The van der Waals surface area contributed by atoms with Crippen LogP contribution >= 0.6 is 11.6 Å². The Balaban J connectivity index is 1.80. The van der Waals surface area contributed by atoms with Crippen LogP contribution in [0.3, 0.4) is 0 Å². The number of amides is 1. The van der Waals surface area contributed by atoms with E-state index < -0.39 is 0 Å². The number of carbonyl (C=O) groups is 1. The van der Waals surface area contributed by atoms with Gasteiger partial charge in [0, 0.05) is 21.7 Å². The molecule has 0 aliphatic rings. The van der Waals surface area contributed by atoms with Crippen molar-refractivity contribution < 1.29 is 4.79 Å². The molecule has 0 atom stereocenters. The van der Waals surface area contributed by atoms with Crippen molar-refractivity contribution in [2.45, 2.75) is 13.8 Å². The number of nitrogens with one attached hydrogen (secondary N) is 1. The topological polar surface area (TPSA) is 42.0 Å². The number of nitrogens with zero attached hydrogens (tertiary/aromatic N) is 1. The Hall–Kier alpha value is -3.17. The molecule has 0 aliphatic heterocycles. The van der Waals surface area contributed by atoms with Crippen molar-refractivity contribution in [1.29, 1.82) is 0 Å². The van der Waals surface area contributed by atoms with Gasteiger partial charge in [0.05, 0.1) is 16.8 Å². The number of pyridine rings is 1. The Morgan fingerprint density at radius 3 is 2.39 bits per heavy atom. The molecule has 4 heteroatoms. The highest BCUT2D eigenvalue weighted by Crippen LogP contribution is 2.27. The number of rotatable bonds is 3. The van der Waals surface area contributed by atoms with Crippen molar-refractivity contribution >= 4 is 34.1 Å². The summed E-state index contributed by atoms with van der Waals surface area (Å²) in [6.45, 7) is 4.16. The molecule has 0 saturated carbocycles. The Bertz CT molecular complexity index is 1180. The van der Waals surface area contributed by atoms with Crippen LogP contribution in [0.4, 0.5) is 5.69 Å². The highest BCUT2D eigenvalue weighted by Gasteiger charge is 2.14. The predicted molar refractivity (Wildman–Crippen MR) is 116 cm³/mol. The highest BCUT2D eigenvalue weighted by atomic mass is 35.5. The van der Waals surface area contributed by atoms with E-state index in [-0.39, 0.29) is 5.91 Å². The molecule has 1 N–H and O–H groups in total. The van der Waals surface area contributed by atoms with Crippen LogP contribution in [0.15, 0.2) is 72.8 Å². The van der Waals surface area contributed by atoms with E-state index in [1.165, 1.54) is 11.1 Å². The molecule has 138 valence electrons. The second-order valence-corrected chi connectivity index (χ2v) is 7.27. The second-order valence-electron chi connectivity index (χ2n) is 6.83. The van der Waals surface area contributed by atoms with Crippen molar-refractivity contribution in [2.24, 2.45) is 0 Å². The van der Waals surface area contributed by atoms with Crippen LogP contribution in [0, 0.1) is 13.8 Å². The maximum absolute atomic E-state index is 13.0.